The van der Waals surface area contributed by atoms with Gasteiger partial charge in [-0.2, -0.15) is 9.49 Å². The molecule has 1 aliphatic heterocycles. The zero-order valence-corrected chi connectivity index (χ0v) is 13.9. The third-order valence-corrected chi connectivity index (χ3v) is 4.64. The summed E-state index contributed by atoms with van der Waals surface area (Å²) in [5, 5.41) is 7.23. The van der Waals surface area contributed by atoms with Crippen LogP contribution in [-0.4, -0.2) is 44.1 Å². The van der Waals surface area contributed by atoms with Crippen LogP contribution in [0.5, 0.6) is 0 Å². The SMILES string of the molecule is O=C(c1ccc(F)nc1)N1CCC[C@H](c2cc(-c3cc(F)c[nH]3)n[nH]2)C1. The van der Waals surface area contributed by atoms with E-state index < -0.39 is 5.95 Å². The predicted octanol–water partition coefficient (Wildman–Crippen LogP) is 3.10. The van der Waals surface area contributed by atoms with Crippen LogP contribution in [0.3, 0.4) is 0 Å². The second-order valence-corrected chi connectivity index (χ2v) is 6.40. The third kappa shape index (κ3) is 3.22. The molecule has 26 heavy (non-hydrogen) atoms. The number of nitrogens with one attached hydrogen (secondary N) is 2. The van der Waals surface area contributed by atoms with Gasteiger partial charge in [-0.05, 0) is 31.0 Å². The Kier molecular flexibility index (Phi) is 4.24. The molecular weight excluding hydrogens is 340 g/mol. The van der Waals surface area contributed by atoms with Crippen molar-refractivity contribution in [2.24, 2.45) is 0 Å². The van der Waals surface area contributed by atoms with Gasteiger partial charge in [0.25, 0.3) is 5.91 Å². The Morgan fingerprint density at radius 3 is 2.88 bits per heavy atom. The summed E-state index contributed by atoms with van der Waals surface area (Å²) in [5.74, 6) is -0.994. The number of likely N-dealkylation sites (tertiary alicyclic amines) is 1. The summed E-state index contributed by atoms with van der Waals surface area (Å²) in [4.78, 5) is 20.7. The largest absolute Gasteiger partial charge is 0.357 e. The lowest BCUT2D eigenvalue weighted by Gasteiger charge is -2.32. The third-order valence-electron chi connectivity index (χ3n) is 4.64. The Bertz CT molecular complexity index is 918. The molecule has 3 aromatic rings. The van der Waals surface area contributed by atoms with E-state index in [0.29, 0.717) is 30.0 Å². The highest BCUT2D eigenvalue weighted by atomic mass is 19.1. The number of carbonyl (C=O) groups excluding carboxylic acids is 1. The van der Waals surface area contributed by atoms with Gasteiger partial charge in [-0.3, -0.25) is 9.89 Å². The van der Waals surface area contributed by atoms with Gasteiger partial charge < -0.3 is 9.88 Å². The van der Waals surface area contributed by atoms with Gasteiger partial charge in [0.2, 0.25) is 5.95 Å². The highest BCUT2D eigenvalue weighted by Gasteiger charge is 2.27. The van der Waals surface area contributed by atoms with Crippen LogP contribution in [0.25, 0.3) is 11.4 Å². The summed E-state index contributed by atoms with van der Waals surface area (Å²) < 4.78 is 26.1. The van der Waals surface area contributed by atoms with Crippen molar-refractivity contribution in [2.45, 2.75) is 18.8 Å². The molecule has 0 bridgehead atoms. The molecule has 2 N–H and O–H groups in total. The van der Waals surface area contributed by atoms with Gasteiger partial charge in [-0.1, -0.05) is 0 Å². The number of halogens is 2. The Morgan fingerprint density at radius 1 is 1.27 bits per heavy atom. The fourth-order valence-electron chi connectivity index (χ4n) is 3.30. The van der Waals surface area contributed by atoms with Gasteiger partial charge in [0.05, 0.1) is 11.3 Å². The topological polar surface area (TPSA) is 77.7 Å². The zero-order valence-electron chi connectivity index (χ0n) is 13.9. The van der Waals surface area contributed by atoms with Gasteiger partial charge in [0, 0.05) is 43.2 Å². The van der Waals surface area contributed by atoms with Crippen molar-refractivity contribution >= 4 is 5.91 Å². The first kappa shape index (κ1) is 16.4. The maximum absolute atomic E-state index is 13.2. The number of pyridine rings is 1. The van der Waals surface area contributed by atoms with Crippen LogP contribution in [0.4, 0.5) is 8.78 Å². The molecule has 0 unspecified atom stereocenters. The minimum absolute atomic E-state index is 0.113. The maximum atomic E-state index is 13.2. The van der Waals surface area contributed by atoms with E-state index in [1.54, 1.807) is 4.90 Å². The summed E-state index contributed by atoms with van der Waals surface area (Å²) in [6.45, 7) is 1.19. The first-order valence-electron chi connectivity index (χ1n) is 8.40. The number of rotatable bonds is 3. The predicted molar refractivity (Wildman–Crippen MR) is 90.4 cm³/mol. The molecule has 1 atom stereocenters. The molecule has 0 saturated carbocycles. The van der Waals surface area contributed by atoms with E-state index in [0.717, 1.165) is 18.5 Å². The Hall–Kier alpha value is -3.03. The van der Waals surface area contributed by atoms with Gasteiger partial charge in [-0.25, -0.2) is 9.37 Å². The molecule has 8 heteroatoms. The van der Waals surface area contributed by atoms with Crippen molar-refractivity contribution in [1.29, 1.82) is 0 Å². The number of nitrogens with zero attached hydrogens (tertiary/aromatic N) is 3. The van der Waals surface area contributed by atoms with Gasteiger partial charge in [0.1, 0.15) is 11.5 Å². The van der Waals surface area contributed by atoms with E-state index in [4.69, 9.17) is 0 Å². The minimum atomic E-state index is -0.608. The summed E-state index contributed by atoms with van der Waals surface area (Å²) in [5.41, 5.74) is 2.52. The standard InChI is InChI=1S/C18H17F2N5O/c19-13-6-15(21-9-13)16-7-14(23-24-16)12-2-1-5-25(10-12)18(26)11-3-4-17(20)22-8-11/h3-4,6-9,12,21H,1-2,5,10H2,(H,23,24)/t12-/m0/s1. The van der Waals surface area contributed by atoms with Gasteiger partial charge >= 0.3 is 0 Å². The summed E-state index contributed by atoms with van der Waals surface area (Å²) in [7, 11) is 0. The maximum Gasteiger partial charge on any atom is 0.255 e. The highest BCUT2D eigenvalue weighted by molar-refractivity contribution is 5.94. The van der Waals surface area contributed by atoms with Gasteiger partial charge in [-0.15, -0.1) is 0 Å². The molecule has 0 aliphatic carbocycles. The Labute approximate surface area is 148 Å². The Balaban J connectivity index is 1.49. The van der Waals surface area contributed by atoms with E-state index in [9.17, 15) is 13.6 Å². The molecule has 1 aliphatic rings. The second kappa shape index (κ2) is 6.70. The van der Waals surface area contributed by atoms with Crippen molar-refractivity contribution in [1.82, 2.24) is 25.1 Å². The number of aromatic nitrogens is 4. The van der Waals surface area contributed by atoms with Crippen LogP contribution in [0.15, 0.2) is 36.7 Å². The summed E-state index contributed by atoms with van der Waals surface area (Å²) in [6.07, 6.45) is 4.32. The number of amides is 1. The molecule has 1 fully saturated rings. The molecule has 4 rings (SSSR count). The molecule has 0 radical (unpaired) electrons. The van der Waals surface area contributed by atoms with Crippen LogP contribution in [-0.2, 0) is 0 Å². The lowest BCUT2D eigenvalue weighted by atomic mass is 9.94. The first-order chi connectivity index (χ1) is 12.6. The Morgan fingerprint density at radius 2 is 2.15 bits per heavy atom. The molecule has 1 amide bonds. The number of hydrogen-bond donors (Lipinski definition) is 2. The second-order valence-electron chi connectivity index (χ2n) is 6.40. The lowest BCUT2D eigenvalue weighted by Crippen LogP contribution is -2.39. The highest BCUT2D eigenvalue weighted by Crippen LogP contribution is 2.29. The molecular formula is C18H17F2N5O. The number of hydrogen-bond acceptors (Lipinski definition) is 3. The summed E-state index contributed by atoms with van der Waals surface area (Å²) >= 11 is 0. The van der Waals surface area contributed by atoms with E-state index in [-0.39, 0.29) is 17.6 Å². The van der Waals surface area contributed by atoms with E-state index >= 15 is 0 Å². The number of H-pyrrole nitrogens is 2. The molecule has 1 saturated heterocycles. The van der Waals surface area contributed by atoms with Crippen molar-refractivity contribution in [2.75, 3.05) is 13.1 Å². The summed E-state index contributed by atoms with van der Waals surface area (Å²) in [6, 6.07) is 5.90. The van der Waals surface area contributed by atoms with E-state index in [2.05, 4.69) is 20.2 Å². The zero-order chi connectivity index (χ0) is 18.1. The molecule has 4 heterocycles. The minimum Gasteiger partial charge on any atom is -0.357 e. The molecule has 134 valence electrons. The average Bonchev–Trinajstić information content (AvgIpc) is 3.31. The van der Waals surface area contributed by atoms with Crippen LogP contribution in [0, 0.1) is 11.8 Å². The van der Waals surface area contributed by atoms with Crippen molar-refractivity contribution in [3.8, 4) is 11.4 Å². The molecule has 3 aromatic heterocycles. The molecule has 6 nitrogen and oxygen atoms in total. The van der Waals surface area contributed by atoms with Crippen LogP contribution >= 0.6 is 0 Å². The fourth-order valence-corrected chi connectivity index (χ4v) is 3.30. The van der Waals surface area contributed by atoms with Crippen molar-refractivity contribution < 1.29 is 13.6 Å². The quantitative estimate of drug-likeness (QED) is 0.707. The van der Waals surface area contributed by atoms with E-state index in [1.807, 2.05) is 6.07 Å². The van der Waals surface area contributed by atoms with Crippen LogP contribution in [0.1, 0.15) is 34.8 Å². The number of aromatic amines is 2. The van der Waals surface area contributed by atoms with Crippen LogP contribution in [0.2, 0.25) is 0 Å². The normalized spacial score (nSPS) is 17.5. The fraction of sp³-hybridized carbons (Fsp3) is 0.278. The monoisotopic (exact) mass is 357 g/mol. The lowest BCUT2D eigenvalue weighted by molar-refractivity contribution is 0.0705. The van der Waals surface area contributed by atoms with Gasteiger partial charge in [0.15, 0.2) is 0 Å². The molecule has 0 spiro atoms. The smallest absolute Gasteiger partial charge is 0.255 e. The number of carbonyl (C=O) groups is 1. The molecule has 0 aromatic carbocycles. The van der Waals surface area contributed by atoms with Crippen molar-refractivity contribution in [3.05, 3.63) is 59.7 Å². The van der Waals surface area contributed by atoms with Crippen molar-refractivity contribution in [3.63, 3.8) is 0 Å². The average molecular weight is 357 g/mol. The van der Waals surface area contributed by atoms with Crippen LogP contribution < -0.4 is 0 Å². The van der Waals surface area contributed by atoms with E-state index in [1.165, 1.54) is 30.6 Å². The first-order valence-corrected chi connectivity index (χ1v) is 8.40. The number of piperidine rings is 1.